The Balaban J connectivity index is 1.32. The number of rotatable bonds is 22. The van der Waals surface area contributed by atoms with E-state index < -0.39 is 51.5 Å². The molecule has 2 amide bonds. The number of para-hydroxylation sites is 1. The topological polar surface area (TPSA) is 175 Å². The van der Waals surface area contributed by atoms with Gasteiger partial charge in [-0.05, 0) is 171 Å². The van der Waals surface area contributed by atoms with Gasteiger partial charge in [-0.1, -0.05) is 90.5 Å². The summed E-state index contributed by atoms with van der Waals surface area (Å²) in [6.07, 6.45) is 16.1. The summed E-state index contributed by atoms with van der Waals surface area (Å²) in [4.78, 5) is 39.3. The summed E-state index contributed by atoms with van der Waals surface area (Å²) in [5.41, 5.74) is 2.15. The lowest BCUT2D eigenvalue weighted by Gasteiger charge is -2.58. The van der Waals surface area contributed by atoms with Crippen LogP contribution in [0.5, 0.6) is 0 Å². The molecule has 14 heteroatoms. The third-order valence-electron chi connectivity index (χ3n) is 16.0. The predicted octanol–water partition coefficient (Wildman–Crippen LogP) is 12.3. The number of allylic oxidation sites excluding steroid dienone is 1. The molecule has 4 aliphatic rings. The predicted molar refractivity (Wildman–Crippen MR) is 270 cm³/mol. The van der Waals surface area contributed by atoms with Gasteiger partial charge >= 0.3 is 18.2 Å². The second kappa shape index (κ2) is 23.7. The lowest BCUT2D eigenvalue weighted by atomic mass is 9.47. The molecular formula is C54H89N4O9S-. The zero-order valence-electron chi connectivity index (χ0n) is 43.7. The van der Waals surface area contributed by atoms with Crippen LogP contribution in [0, 0.1) is 51.5 Å². The molecule has 13 nitrogen and oxygen atoms in total. The van der Waals surface area contributed by atoms with Crippen LogP contribution in [0.1, 0.15) is 185 Å². The Bertz CT molecular complexity index is 1980. The van der Waals surface area contributed by atoms with Gasteiger partial charge in [0.15, 0.2) is 0 Å². The molecule has 386 valence electrons. The molecule has 0 aromatic heterocycles. The Morgan fingerprint density at radius 2 is 1.44 bits per heavy atom. The molecule has 3 N–H and O–H groups in total. The molecule has 0 heterocycles. The average Bonchev–Trinajstić information content (AvgIpc) is 3.61. The van der Waals surface area contributed by atoms with Crippen LogP contribution in [-0.4, -0.2) is 73.9 Å². The average molecular weight is 970 g/mol. The number of fused-ring (bicyclic) bond motifs is 5. The summed E-state index contributed by atoms with van der Waals surface area (Å²) >= 11 is 0. The van der Waals surface area contributed by atoms with Gasteiger partial charge in [0.05, 0.1) is 0 Å². The highest BCUT2D eigenvalue weighted by atomic mass is 32.2. The third kappa shape index (κ3) is 14.4. The highest BCUT2D eigenvalue weighted by molar-refractivity contribution is 7.89. The maximum Gasteiger partial charge on any atom is 0.407 e. The maximum atomic E-state index is 14.8. The van der Waals surface area contributed by atoms with Gasteiger partial charge in [0, 0.05) is 31.7 Å². The molecule has 0 spiro atoms. The molecule has 68 heavy (non-hydrogen) atoms. The molecule has 1 aromatic carbocycles. The maximum absolute atomic E-state index is 14.8. The van der Waals surface area contributed by atoms with Crippen molar-refractivity contribution in [3.63, 3.8) is 0 Å². The number of benzene rings is 1. The number of carbonyl (C=O) groups excluding carboxylic acids is 3. The van der Waals surface area contributed by atoms with Gasteiger partial charge < -0.3 is 35.5 Å². The molecule has 0 aliphatic heterocycles. The van der Waals surface area contributed by atoms with Crippen molar-refractivity contribution in [2.24, 2.45) is 46.3 Å². The Hall–Kier alpha value is -3.36. The van der Waals surface area contributed by atoms with Crippen LogP contribution in [0.4, 0.5) is 15.3 Å². The van der Waals surface area contributed by atoms with Crippen molar-refractivity contribution < 1.29 is 37.0 Å². The number of nitrogens with one attached hydrogen (secondary N) is 3. The fraction of sp³-hybridized carbons (Fsp3) is 0.796. The number of hydrogen-bond donors (Lipinski definition) is 3. The fourth-order valence-electron chi connectivity index (χ4n) is 12.8. The van der Waals surface area contributed by atoms with E-state index in [1.54, 1.807) is 59.2 Å². The molecule has 4 aliphatic carbocycles. The molecule has 0 bridgehead atoms. The van der Waals surface area contributed by atoms with E-state index in [9.17, 15) is 28.0 Å². The van der Waals surface area contributed by atoms with Crippen molar-refractivity contribution in [1.82, 2.24) is 14.9 Å². The van der Waals surface area contributed by atoms with Gasteiger partial charge in [-0.15, -0.1) is 0 Å². The van der Waals surface area contributed by atoms with Crippen molar-refractivity contribution >= 4 is 33.9 Å². The first kappa shape index (κ1) is 55.6. The zero-order chi connectivity index (χ0) is 50.1. The Morgan fingerprint density at radius 3 is 2.09 bits per heavy atom. The minimum Gasteiger partial charge on any atom is -0.761 e. The van der Waals surface area contributed by atoms with Crippen LogP contribution in [0.3, 0.4) is 0 Å². The molecule has 3 fully saturated rings. The van der Waals surface area contributed by atoms with Crippen molar-refractivity contribution in [2.75, 3.05) is 25.1 Å². The quantitative estimate of drug-likeness (QED) is 0.0333. The number of nitrogens with zero attached hydrogens (tertiary/aromatic N) is 1. The molecule has 1 aromatic rings. The molecule has 0 radical (unpaired) electrons. The molecule has 0 saturated heterocycles. The number of amides is 2. The minimum atomic E-state index is -4.43. The smallest absolute Gasteiger partial charge is 0.407 e. The van der Waals surface area contributed by atoms with Crippen molar-refractivity contribution in [3.8, 4) is 0 Å². The highest BCUT2D eigenvalue weighted by Gasteiger charge is 2.59. The van der Waals surface area contributed by atoms with Crippen LogP contribution in [-0.2, 0) is 29.0 Å². The number of hydrogen-bond acceptors (Lipinski definition) is 10. The van der Waals surface area contributed by atoms with E-state index in [1.165, 1.54) is 67.0 Å². The Morgan fingerprint density at radius 1 is 0.794 bits per heavy atom. The van der Waals surface area contributed by atoms with Gasteiger partial charge in [-0.3, -0.25) is 4.79 Å². The number of esters is 1. The Kier molecular flexibility index (Phi) is 19.4. The van der Waals surface area contributed by atoms with E-state index in [1.807, 2.05) is 0 Å². The highest BCUT2D eigenvalue weighted by Crippen LogP contribution is 2.67. The summed E-state index contributed by atoms with van der Waals surface area (Å²) in [7, 11) is -4.43. The monoisotopic (exact) mass is 970 g/mol. The van der Waals surface area contributed by atoms with Crippen molar-refractivity contribution in [3.05, 3.63) is 41.1 Å². The van der Waals surface area contributed by atoms with E-state index >= 15 is 0 Å². The van der Waals surface area contributed by atoms with Gasteiger partial charge in [-0.2, -0.15) is 4.31 Å². The van der Waals surface area contributed by atoms with Crippen molar-refractivity contribution in [2.45, 2.75) is 214 Å². The molecular weight excluding hydrogens is 881 g/mol. The van der Waals surface area contributed by atoms with Crippen LogP contribution in [0.15, 0.2) is 40.8 Å². The largest absolute Gasteiger partial charge is 0.761 e. The van der Waals surface area contributed by atoms with E-state index in [4.69, 9.17) is 14.2 Å². The first-order chi connectivity index (χ1) is 31.9. The number of alkyl carbamates (subject to hydrolysis) is 2. The first-order valence-electron chi connectivity index (χ1n) is 26.2. The zero-order valence-corrected chi connectivity index (χ0v) is 44.5. The van der Waals surface area contributed by atoms with Gasteiger partial charge in [0.25, 0.3) is 0 Å². The summed E-state index contributed by atoms with van der Waals surface area (Å²) in [5.74, 6) is 3.67. The molecule has 9 atom stereocenters. The van der Waals surface area contributed by atoms with Gasteiger partial charge in [-0.25, -0.2) is 18.0 Å². The van der Waals surface area contributed by atoms with Gasteiger partial charge in [0.2, 0.25) is 10.0 Å². The van der Waals surface area contributed by atoms with E-state index in [-0.39, 0.29) is 41.9 Å². The summed E-state index contributed by atoms with van der Waals surface area (Å²) in [6, 6.07) is 4.68. The normalized spacial score (nSPS) is 27.0. The second-order valence-electron chi connectivity index (χ2n) is 23.7. The summed E-state index contributed by atoms with van der Waals surface area (Å²) in [6.45, 7) is 23.5. The number of anilines is 1. The fourth-order valence-corrected chi connectivity index (χ4v) is 14.6. The Labute approximate surface area is 410 Å². The molecule has 5 rings (SSSR count). The molecule has 0 unspecified atom stereocenters. The van der Waals surface area contributed by atoms with E-state index in [2.05, 4.69) is 51.3 Å². The van der Waals surface area contributed by atoms with E-state index in [0.29, 0.717) is 62.3 Å². The van der Waals surface area contributed by atoms with Crippen molar-refractivity contribution in [1.29, 1.82) is 0 Å². The SMILES string of the molecule is CC(C)CCC[C@@H](C)[C@H]1CC[C@H]2[C@@H]3CC=C4C[C@@H](OC(=O)[C@H](CCCNC(=O)OC(C)(C)C)N(CCCCCCNC(=O)OC(C)(C)C)S(=O)(=O)c5ccccc5N[O-])CC[C@]4(C)[C@H]3CC[C@]12C. The third-order valence-corrected chi connectivity index (χ3v) is 18.0. The number of ether oxygens (including phenoxy) is 3. The van der Waals surface area contributed by atoms with Crippen LogP contribution < -0.4 is 16.1 Å². The van der Waals surface area contributed by atoms with Crippen LogP contribution >= 0.6 is 0 Å². The number of unbranched alkanes of at least 4 members (excludes halogenated alkanes) is 3. The standard InChI is InChI=1S/C54H89N4O9S/c1-37(2)20-18-21-38(3)42-27-28-43-41-26-25-39-36-40(29-31-53(39,10)44(41)30-32-54(42,43)11)65-48(59)46(23-19-34-56-50(61)67-52(7,8)9)58(68(63,64)47-24-15-14-22-45(47)57-62)35-17-13-12-16-33-55-49(60)66-51(4,5)6/h14-15,22,24-25,37-38,40-44,46,57H,12-13,16-21,23,26-36H2,1-11H3,(H,55,60)(H,56,61)/q-1/t38-,40+,41+,42-,43+,44+,46+,53+,54-/m1/s1. The molecule has 3 saturated carbocycles. The number of sulfonamides is 1. The first-order valence-corrected chi connectivity index (χ1v) is 27.7. The van der Waals surface area contributed by atoms with Crippen LogP contribution in [0.2, 0.25) is 0 Å². The number of carbonyl (C=O) groups is 3. The summed E-state index contributed by atoms with van der Waals surface area (Å²) in [5, 5.41) is 17.6. The van der Waals surface area contributed by atoms with E-state index in [0.717, 1.165) is 36.5 Å². The minimum absolute atomic E-state index is 0.0110. The lowest BCUT2D eigenvalue weighted by Crippen LogP contribution is -2.51. The summed E-state index contributed by atoms with van der Waals surface area (Å²) < 4.78 is 48.0. The van der Waals surface area contributed by atoms with Gasteiger partial charge in [0.1, 0.15) is 28.2 Å². The van der Waals surface area contributed by atoms with Crippen LogP contribution in [0.25, 0.3) is 0 Å². The second-order valence-corrected chi connectivity index (χ2v) is 25.6. The lowest BCUT2D eigenvalue weighted by molar-refractivity contribution is -0.156.